The second-order valence-corrected chi connectivity index (χ2v) is 13.9. The van der Waals surface area contributed by atoms with E-state index < -0.39 is 20.6 Å². The Labute approximate surface area is 209 Å². The lowest BCUT2D eigenvalue weighted by molar-refractivity contribution is 0.000225. The number of aromatic nitrogens is 2. The smallest absolute Gasteiger partial charge is 0.335 e. The number of nitrogens with one attached hydrogen (secondary N) is 1. The normalized spacial score (nSPS) is 29.3. The molecule has 1 heterocycles. The molecule has 0 saturated heterocycles. The highest BCUT2D eigenvalue weighted by Crippen LogP contribution is 2.58. The van der Waals surface area contributed by atoms with Gasteiger partial charge in [0.25, 0.3) is 5.91 Å². The number of carbonyl (C=O) groups excluding carboxylic acids is 1. The number of nitrogens with zero attached hydrogens (tertiary/aromatic N) is 2. The van der Waals surface area contributed by atoms with E-state index in [9.17, 15) is 23.1 Å². The van der Waals surface area contributed by atoms with Crippen molar-refractivity contribution in [2.75, 3.05) is 12.0 Å². The Morgan fingerprint density at radius 2 is 1.83 bits per heavy atom. The molecule has 2 atom stereocenters. The number of carboxylic acid groups (broad SMARTS) is 1. The molecule has 4 saturated carbocycles. The van der Waals surface area contributed by atoms with Gasteiger partial charge in [0.15, 0.2) is 9.84 Å². The van der Waals surface area contributed by atoms with Gasteiger partial charge in [-0.2, -0.15) is 5.10 Å². The number of amides is 1. The van der Waals surface area contributed by atoms with Gasteiger partial charge in [-0.15, -0.1) is 11.8 Å². The topological polar surface area (TPSA) is 118 Å². The summed E-state index contributed by atoms with van der Waals surface area (Å²) in [4.78, 5) is 24.7. The highest BCUT2D eigenvalue weighted by Gasteiger charge is 2.59. The van der Waals surface area contributed by atoms with Gasteiger partial charge in [-0.25, -0.2) is 17.9 Å². The molecule has 188 valence electrons. The summed E-state index contributed by atoms with van der Waals surface area (Å²) in [6.07, 6.45) is 7.87. The third-order valence-electron chi connectivity index (χ3n) is 8.07. The van der Waals surface area contributed by atoms with Crippen LogP contribution in [0.3, 0.4) is 0 Å². The van der Waals surface area contributed by atoms with Crippen LogP contribution in [0.5, 0.6) is 0 Å². The Bertz CT molecular complexity index is 1240. The Hall–Kier alpha value is -2.33. The van der Waals surface area contributed by atoms with Crippen LogP contribution >= 0.6 is 11.8 Å². The Balaban J connectivity index is 1.40. The van der Waals surface area contributed by atoms with Crippen LogP contribution in [0.25, 0.3) is 5.69 Å². The van der Waals surface area contributed by atoms with E-state index in [1.54, 1.807) is 34.8 Å². The van der Waals surface area contributed by atoms with Crippen molar-refractivity contribution in [2.24, 2.45) is 17.8 Å². The van der Waals surface area contributed by atoms with Crippen molar-refractivity contribution < 1.29 is 23.1 Å². The minimum atomic E-state index is -3.14. The van der Waals surface area contributed by atoms with Crippen LogP contribution in [0.4, 0.5) is 0 Å². The largest absolute Gasteiger partial charge is 0.478 e. The average molecular weight is 518 g/mol. The molecule has 4 fully saturated rings. The van der Waals surface area contributed by atoms with E-state index in [-0.39, 0.29) is 29.3 Å². The highest BCUT2D eigenvalue weighted by atomic mass is 32.2. The minimum Gasteiger partial charge on any atom is -0.478 e. The first-order valence-electron chi connectivity index (χ1n) is 12.2. The number of hydrogen-bond acceptors (Lipinski definition) is 6. The summed E-state index contributed by atoms with van der Waals surface area (Å²) in [5.74, 6) is 0.443. The monoisotopic (exact) mass is 517 g/mol. The summed E-state index contributed by atoms with van der Waals surface area (Å²) in [7, 11) is -3.14. The van der Waals surface area contributed by atoms with E-state index in [0.29, 0.717) is 30.0 Å². The molecule has 2 aromatic rings. The van der Waals surface area contributed by atoms with Crippen molar-refractivity contribution in [1.29, 1.82) is 0 Å². The molecule has 10 heteroatoms. The fourth-order valence-corrected chi connectivity index (χ4v) is 9.17. The van der Waals surface area contributed by atoms with Crippen molar-refractivity contribution in [3.05, 3.63) is 41.6 Å². The van der Waals surface area contributed by atoms with Gasteiger partial charge in [0.2, 0.25) is 0 Å². The van der Waals surface area contributed by atoms with Crippen LogP contribution in [0.1, 0.15) is 66.2 Å². The molecule has 0 aliphatic heterocycles. The van der Waals surface area contributed by atoms with E-state index in [0.717, 1.165) is 36.5 Å². The van der Waals surface area contributed by atoms with Crippen molar-refractivity contribution in [1.82, 2.24) is 15.1 Å². The van der Waals surface area contributed by atoms with Gasteiger partial charge in [0, 0.05) is 12.3 Å². The van der Waals surface area contributed by atoms with Crippen molar-refractivity contribution >= 4 is 33.5 Å². The van der Waals surface area contributed by atoms with Crippen LogP contribution in [0, 0.1) is 17.8 Å². The van der Waals surface area contributed by atoms with E-state index in [1.165, 1.54) is 18.4 Å². The van der Waals surface area contributed by atoms with Crippen LogP contribution in [-0.4, -0.2) is 58.0 Å². The molecule has 4 aliphatic rings. The summed E-state index contributed by atoms with van der Waals surface area (Å²) in [5, 5.41) is 17.7. The van der Waals surface area contributed by atoms with E-state index >= 15 is 0 Å². The number of hydrogen-bond donors (Lipinski definition) is 2. The zero-order valence-corrected chi connectivity index (χ0v) is 21.6. The second kappa shape index (κ2) is 8.96. The lowest BCUT2D eigenvalue weighted by Crippen LogP contribution is -2.63. The fourth-order valence-electron chi connectivity index (χ4n) is 6.63. The molecule has 1 aromatic heterocycles. The SMILES string of the molecule is CCCSc1c(C(=O)N[C@H]2C3CC4CC2C[C@@](S(C)(=O)=O)(C4)C3)cnn1-c1ccc(C(=O)O)cc1. The van der Waals surface area contributed by atoms with Gasteiger partial charge < -0.3 is 10.4 Å². The van der Waals surface area contributed by atoms with Crippen molar-refractivity contribution in [3.63, 3.8) is 0 Å². The van der Waals surface area contributed by atoms with Gasteiger partial charge in [-0.05, 0) is 86.3 Å². The molecule has 0 radical (unpaired) electrons. The standard InChI is InChI=1S/C25H31N3O5S2/c1-3-8-34-23-20(14-26-28(23)19-6-4-16(5-7-19)24(30)31)22(29)27-21-17-9-15-10-18(21)13-25(11-15,12-17)35(2,32)33/h4-7,14-15,17-18,21H,3,8-13H2,1-2H3,(H,27,29)(H,30,31)/t15?,17?,18?,21-,25+. The lowest BCUT2D eigenvalue weighted by Gasteiger charge is -2.59. The van der Waals surface area contributed by atoms with Gasteiger partial charge in [-0.1, -0.05) is 6.92 Å². The molecular weight excluding hydrogens is 486 g/mol. The van der Waals surface area contributed by atoms with Crippen LogP contribution < -0.4 is 5.32 Å². The number of carboxylic acids is 1. The minimum absolute atomic E-state index is 0.0175. The number of thioether (sulfide) groups is 1. The van der Waals surface area contributed by atoms with Gasteiger partial charge in [-0.3, -0.25) is 4.79 Å². The Morgan fingerprint density at radius 1 is 1.17 bits per heavy atom. The average Bonchev–Trinajstić information content (AvgIpc) is 3.22. The summed E-state index contributed by atoms with van der Waals surface area (Å²) in [5.41, 5.74) is 1.38. The molecular formula is C25H31N3O5S2. The molecule has 2 N–H and O–H groups in total. The molecule has 0 spiro atoms. The quantitative estimate of drug-likeness (QED) is 0.511. The fraction of sp³-hybridized carbons (Fsp3) is 0.560. The Kier molecular flexibility index (Phi) is 6.24. The molecule has 2 unspecified atom stereocenters. The zero-order valence-electron chi connectivity index (χ0n) is 19.9. The predicted octanol–water partition coefficient (Wildman–Crippen LogP) is 3.79. The van der Waals surface area contributed by atoms with E-state index in [1.807, 2.05) is 0 Å². The van der Waals surface area contributed by atoms with Crippen LogP contribution in [-0.2, 0) is 9.84 Å². The number of rotatable bonds is 8. The number of benzene rings is 1. The van der Waals surface area contributed by atoms with Crippen LogP contribution in [0.15, 0.2) is 35.5 Å². The maximum atomic E-state index is 13.5. The zero-order chi connectivity index (χ0) is 25.0. The highest BCUT2D eigenvalue weighted by molar-refractivity contribution is 7.99. The van der Waals surface area contributed by atoms with Gasteiger partial charge >= 0.3 is 5.97 Å². The third-order valence-corrected chi connectivity index (χ3v) is 11.4. The molecule has 4 aliphatic carbocycles. The maximum Gasteiger partial charge on any atom is 0.335 e. The molecule has 1 aromatic carbocycles. The van der Waals surface area contributed by atoms with Gasteiger partial charge in [0.05, 0.1) is 27.8 Å². The molecule has 1 amide bonds. The third kappa shape index (κ3) is 4.28. The number of carbonyl (C=O) groups is 2. The molecule has 6 rings (SSSR count). The molecule has 35 heavy (non-hydrogen) atoms. The van der Waals surface area contributed by atoms with Gasteiger partial charge in [0.1, 0.15) is 5.03 Å². The Morgan fingerprint density at radius 3 is 2.40 bits per heavy atom. The lowest BCUT2D eigenvalue weighted by atomic mass is 9.53. The summed E-state index contributed by atoms with van der Waals surface area (Å²) in [6, 6.07) is 6.42. The summed E-state index contributed by atoms with van der Waals surface area (Å²) < 4.78 is 26.4. The maximum absolute atomic E-state index is 13.5. The van der Waals surface area contributed by atoms with E-state index in [4.69, 9.17) is 0 Å². The number of aromatic carboxylic acids is 1. The first-order valence-corrected chi connectivity index (χ1v) is 15.0. The summed E-state index contributed by atoms with van der Waals surface area (Å²) in [6.45, 7) is 2.07. The first-order chi connectivity index (χ1) is 16.6. The van der Waals surface area contributed by atoms with Crippen molar-refractivity contribution in [2.45, 2.75) is 61.3 Å². The van der Waals surface area contributed by atoms with Crippen molar-refractivity contribution in [3.8, 4) is 5.69 Å². The predicted molar refractivity (Wildman–Crippen MR) is 134 cm³/mol. The molecule has 4 bridgehead atoms. The second-order valence-electron chi connectivity index (χ2n) is 10.4. The summed E-state index contributed by atoms with van der Waals surface area (Å²) >= 11 is 1.55. The van der Waals surface area contributed by atoms with E-state index in [2.05, 4.69) is 17.3 Å². The number of sulfone groups is 1. The first kappa shape index (κ1) is 24.4. The van der Waals surface area contributed by atoms with Crippen LogP contribution in [0.2, 0.25) is 0 Å². The molecule has 8 nitrogen and oxygen atoms in total.